The number of rotatable bonds is 2. The van der Waals surface area contributed by atoms with Gasteiger partial charge in [-0.25, -0.2) is 0 Å². The molecular weight excluding hydrogens is 328 g/mol. The zero-order chi connectivity index (χ0) is 18.6. The molecule has 0 radical (unpaired) electrons. The summed E-state index contributed by atoms with van der Waals surface area (Å²) >= 11 is 0. The van der Waals surface area contributed by atoms with E-state index < -0.39 is 8.32 Å². The van der Waals surface area contributed by atoms with Crippen LogP contribution in [0.2, 0.25) is 18.1 Å². The summed E-state index contributed by atoms with van der Waals surface area (Å²) in [5.74, 6) is 1.07. The van der Waals surface area contributed by atoms with Crippen LogP contribution in [0.4, 0.5) is 0 Å². The Bertz CT molecular complexity index is 574. The van der Waals surface area contributed by atoms with E-state index in [9.17, 15) is 9.90 Å². The summed E-state index contributed by atoms with van der Waals surface area (Å²) in [5, 5.41) is 10.6. The van der Waals surface area contributed by atoms with Crippen molar-refractivity contribution in [2.75, 3.05) is 0 Å². The summed E-state index contributed by atoms with van der Waals surface area (Å²) in [6, 6.07) is 0. The normalized spacial score (nSPS) is 39.5. The Morgan fingerprint density at radius 1 is 1.24 bits per heavy atom. The van der Waals surface area contributed by atoms with Crippen molar-refractivity contribution in [1.82, 2.24) is 0 Å². The van der Waals surface area contributed by atoms with E-state index in [1.54, 1.807) is 0 Å². The molecule has 2 bridgehead atoms. The van der Waals surface area contributed by atoms with Gasteiger partial charge in [-0.1, -0.05) is 39.3 Å². The van der Waals surface area contributed by atoms with Gasteiger partial charge >= 0.3 is 0 Å². The average Bonchev–Trinajstić information content (AvgIpc) is 2.54. The first-order chi connectivity index (χ1) is 11.5. The zero-order valence-electron chi connectivity index (χ0n) is 16.9. The minimum atomic E-state index is -1.92. The highest BCUT2D eigenvalue weighted by atomic mass is 28.4. The number of carbonyl (C=O) groups excluding carboxylic acids is 1. The van der Waals surface area contributed by atoms with E-state index in [2.05, 4.69) is 46.9 Å². The smallest absolute Gasteiger partial charge is 0.192 e. The Kier molecular flexibility index (Phi) is 4.88. The van der Waals surface area contributed by atoms with Crippen molar-refractivity contribution in [3.8, 4) is 0 Å². The molecule has 3 nitrogen and oxygen atoms in total. The van der Waals surface area contributed by atoms with Crippen LogP contribution in [0.3, 0.4) is 0 Å². The lowest BCUT2D eigenvalue weighted by atomic mass is 9.57. The maximum absolute atomic E-state index is 12.6. The molecule has 3 aliphatic carbocycles. The molecule has 0 unspecified atom stereocenters. The second-order valence-electron chi connectivity index (χ2n) is 10.4. The number of fused-ring (bicyclic) bond motifs is 1. The fourth-order valence-corrected chi connectivity index (χ4v) is 6.42. The molecule has 142 valence electrons. The Balaban J connectivity index is 2.05. The van der Waals surface area contributed by atoms with Crippen molar-refractivity contribution in [2.45, 2.75) is 96.6 Å². The van der Waals surface area contributed by atoms with Crippen LogP contribution in [-0.2, 0) is 9.22 Å². The molecule has 1 spiro atoms. The molecule has 2 saturated carbocycles. The van der Waals surface area contributed by atoms with Gasteiger partial charge in [0.2, 0.25) is 0 Å². The third-order valence-corrected chi connectivity index (χ3v) is 12.0. The molecule has 0 heterocycles. The Morgan fingerprint density at radius 3 is 2.52 bits per heavy atom. The highest BCUT2D eigenvalue weighted by molar-refractivity contribution is 6.74. The third kappa shape index (κ3) is 3.30. The first kappa shape index (κ1) is 19.3. The molecule has 3 aliphatic rings. The number of Topliss-reactive ketones (excluding diaryl/α,β-unsaturated/α-hetero) is 1. The van der Waals surface area contributed by atoms with E-state index in [4.69, 9.17) is 4.43 Å². The van der Waals surface area contributed by atoms with Gasteiger partial charge < -0.3 is 9.53 Å². The monoisotopic (exact) mass is 364 g/mol. The van der Waals surface area contributed by atoms with Crippen LogP contribution < -0.4 is 0 Å². The number of hydrogen-bond donors (Lipinski definition) is 1. The molecule has 0 aromatic rings. The van der Waals surface area contributed by atoms with Crippen LogP contribution in [0.15, 0.2) is 11.6 Å². The summed E-state index contributed by atoms with van der Waals surface area (Å²) in [6.07, 6.45) is 7.16. The number of aliphatic hydroxyl groups is 1. The topological polar surface area (TPSA) is 46.5 Å². The molecule has 1 N–H and O–H groups in total. The summed E-state index contributed by atoms with van der Waals surface area (Å²) in [5.41, 5.74) is 1.15. The van der Waals surface area contributed by atoms with Crippen LogP contribution in [0, 0.1) is 17.3 Å². The highest BCUT2D eigenvalue weighted by Crippen LogP contribution is 2.58. The number of carbonyl (C=O) groups is 1. The van der Waals surface area contributed by atoms with E-state index in [1.807, 2.05) is 0 Å². The first-order valence-corrected chi connectivity index (χ1v) is 13.0. The molecule has 5 atom stereocenters. The number of aliphatic hydroxyl groups excluding tert-OH is 1. The Hall–Kier alpha value is -0.453. The van der Waals surface area contributed by atoms with Crippen molar-refractivity contribution in [3.63, 3.8) is 0 Å². The third-order valence-electron chi connectivity index (χ3n) is 7.57. The van der Waals surface area contributed by atoms with Gasteiger partial charge in [-0.15, -0.1) is 0 Å². The van der Waals surface area contributed by atoms with Gasteiger partial charge in [0.05, 0.1) is 12.2 Å². The molecule has 0 amide bonds. The van der Waals surface area contributed by atoms with Gasteiger partial charge in [-0.3, -0.25) is 4.79 Å². The summed E-state index contributed by atoms with van der Waals surface area (Å²) in [6.45, 7) is 13.7. The quantitative estimate of drug-likeness (QED) is 0.562. The van der Waals surface area contributed by atoms with Crippen molar-refractivity contribution in [3.05, 3.63) is 11.6 Å². The predicted octanol–water partition coefficient (Wildman–Crippen LogP) is 4.85. The van der Waals surface area contributed by atoms with Gasteiger partial charge in [-0.2, -0.15) is 0 Å². The van der Waals surface area contributed by atoms with Crippen LogP contribution >= 0.6 is 0 Å². The van der Waals surface area contributed by atoms with Crippen molar-refractivity contribution in [1.29, 1.82) is 0 Å². The number of hydrogen-bond acceptors (Lipinski definition) is 3. The molecular formula is C21H36O3Si. The summed E-state index contributed by atoms with van der Waals surface area (Å²) in [4.78, 5) is 12.6. The van der Waals surface area contributed by atoms with Gasteiger partial charge in [0.1, 0.15) is 5.78 Å². The van der Waals surface area contributed by atoms with E-state index in [0.29, 0.717) is 24.5 Å². The van der Waals surface area contributed by atoms with Crippen LogP contribution in [0.1, 0.15) is 66.2 Å². The molecule has 2 fully saturated rings. The molecule has 0 saturated heterocycles. The van der Waals surface area contributed by atoms with E-state index in [-0.39, 0.29) is 28.6 Å². The lowest BCUT2D eigenvalue weighted by molar-refractivity contribution is -0.122. The van der Waals surface area contributed by atoms with E-state index >= 15 is 0 Å². The maximum Gasteiger partial charge on any atom is 0.192 e. The predicted molar refractivity (Wildman–Crippen MR) is 104 cm³/mol. The SMILES string of the molecule is C[C@@H]1C[C@@]23CC(=O)CC[C@@H](CCC2=C[C@H]1O)[C@H]3O[Si](C)(C)C(C)(C)C. The molecule has 4 heteroatoms. The van der Waals surface area contributed by atoms with E-state index in [0.717, 1.165) is 25.7 Å². The largest absolute Gasteiger partial charge is 0.413 e. The Labute approximate surface area is 154 Å². The van der Waals surface area contributed by atoms with Crippen LogP contribution in [0.25, 0.3) is 0 Å². The fraction of sp³-hybridized carbons (Fsp3) is 0.857. The van der Waals surface area contributed by atoms with Gasteiger partial charge in [0, 0.05) is 18.3 Å². The number of ketones is 1. The highest BCUT2D eigenvalue weighted by Gasteiger charge is 2.56. The van der Waals surface area contributed by atoms with Crippen molar-refractivity contribution >= 4 is 14.1 Å². The van der Waals surface area contributed by atoms with Gasteiger partial charge in [0.15, 0.2) is 8.32 Å². The second-order valence-corrected chi connectivity index (χ2v) is 15.1. The van der Waals surface area contributed by atoms with E-state index in [1.165, 1.54) is 5.57 Å². The maximum atomic E-state index is 12.6. The summed E-state index contributed by atoms with van der Waals surface area (Å²) in [7, 11) is -1.92. The first-order valence-electron chi connectivity index (χ1n) is 10.0. The lowest BCUT2D eigenvalue weighted by Gasteiger charge is -2.55. The average molecular weight is 365 g/mol. The summed E-state index contributed by atoms with van der Waals surface area (Å²) < 4.78 is 7.05. The van der Waals surface area contributed by atoms with Crippen LogP contribution in [-0.4, -0.2) is 31.4 Å². The zero-order valence-corrected chi connectivity index (χ0v) is 17.9. The minimum Gasteiger partial charge on any atom is -0.413 e. The standard InChI is InChI=1S/C21H36O3Si/c1-14-12-21-13-17(22)10-8-15(7-9-16(21)11-18(14)23)19(21)24-25(5,6)20(2,3)4/h11,14-15,18-19,23H,7-10,12-13H2,1-6H3/t14-,15-,18-,19-,21-/m1/s1. The van der Waals surface area contributed by atoms with Crippen LogP contribution in [0.5, 0.6) is 0 Å². The Morgan fingerprint density at radius 2 is 1.88 bits per heavy atom. The molecule has 0 aromatic carbocycles. The van der Waals surface area contributed by atoms with Crippen molar-refractivity contribution < 1.29 is 14.3 Å². The molecule has 25 heavy (non-hydrogen) atoms. The second kappa shape index (κ2) is 6.31. The molecule has 0 aromatic heterocycles. The minimum absolute atomic E-state index is 0.148. The van der Waals surface area contributed by atoms with Gasteiger partial charge in [0.25, 0.3) is 0 Å². The van der Waals surface area contributed by atoms with Gasteiger partial charge in [-0.05, 0) is 55.7 Å². The molecule has 3 rings (SSSR count). The fourth-order valence-electron chi connectivity index (χ4n) is 5.01. The van der Waals surface area contributed by atoms with Crippen molar-refractivity contribution in [2.24, 2.45) is 17.3 Å². The molecule has 0 aliphatic heterocycles. The lowest BCUT2D eigenvalue weighted by Crippen LogP contribution is -2.56.